The number of imide groups is 1. The fourth-order valence-corrected chi connectivity index (χ4v) is 2.31. The zero-order valence-corrected chi connectivity index (χ0v) is 12.2. The van der Waals surface area contributed by atoms with Gasteiger partial charge in [0.1, 0.15) is 6.54 Å². The molecule has 0 bridgehead atoms. The number of carbonyl (C=O) groups excluding carboxylic acids is 4. The molecule has 0 N–H and O–H groups in total. The van der Waals surface area contributed by atoms with E-state index < -0.39 is 36.2 Å². The molecule has 0 aliphatic carbocycles. The highest BCUT2D eigenvalue weighted by atomic mass is 16.5. The van der Waals surface area contributed by atoms with Crippen molar-refractivity contribution < 1.29 is 28.7 Å². The largest absolute Gasteiger partial charge is 0.468 e. The minimum atomic E-state index is -1.26. The number of esters is 2. The van der Waals surface area contributed by atoms with Crippen LogP contribution in [0.4, 0.5) is 0 Å². The highest BCUT2D eigenvalue weighted by Gasteiger charge is 2.43. The lowest BCUT2D eigenvalue weighted by Crippen LogP contribution is -2.49. The molecule has 1 heterocycles. The molecule has 0 saturated carbocycles. The van der Waals surface area contributed by atoms with Crippen LogP contribution in [0, 0.1) is 0 Å². The Morgan fingerprint density at radius 2 is 1.91 bits per heavy atom. The minimum Gasteiger partial charge on any atom is -0.468 e. The van der Waals surface area contributed by atoms with Gasteiger partial charge in [0.2, 0.25) is 5.91 Å². The summed E-state index contributed by atoms with van der Waals surface area (Å²) in [5, 5.41) is 0. The molecule has 7 nitrogen and oxygen atoms in total. The molecule has 1 unspecified atom stereocenters. The van der Waals surface area contributed by atoms with E-state index in [1.54, 1.807) is 19.1 Å². The lowest BCUT2D eigenvalue weighted by molar-refractivity contribution is -0.153. The Hall–Kier alpha value is -2.70. The quantitative estimate of drug-likeness (QED) is 0.457. The second kappa shape index (κ2) is 6.38. The number of nitrogens with zero attached hydrogens (tertiary/aromatic N) is 1. The summed E-state index contributed by atoms with van der Waals surface area (Å²) in [7, 11) is 1.16. The van der Waals surface area contributed by atoms with Crippen LogP contribution in [0.5, 0.6) is 0 Å². The number of benzene rings is 1. The first-order valence-corrected chi connectivity index (χ1v) is 6.69. The topological polar surface area (TPSA) is 90.0 Å². The molecule has 1 atom stereocenters. The van der Waals surface area contributed by atoms with Gasteiger partial charge in [0.25, 0.3) is 5.91 Å². The fourth-order valence-electron chi connectivity index (χ4n) is 2.31. The molecule has 0 fully saturated rings. The summed E-state index contributed by atoms with van der Waals surface area (Å²) < 4.78 is 9.39. The van der Waals surface area contributed by atoms with E-state index in [0.29, 0.717) is 0 Å². The highest BCUT2D eigenvalue weighted by Crippen LogP contribution is 2.30. The van der Waals surface area contributed by atoms with Crippen LogP contribution in [0.3, 0.4) is 0 Å². The van der Waals surface area contributed by atoms with Gasteiger partial charge in [-0.25, -0.2) is 0 Å². The van der Waals surface area contributed by atoms with Crippen molar-refractivity contribution >= 4 is 23.8 Å². The number of ether oxygens (including phenoxy) is 2. The lowest BCUT2D eigenvalue weighted by Gasteiger charge is -2.30. The van der Waals surface area contributed by atoms with Crippen LogP contribution in [-0.4, -0.2) is 48.9 Å². The van der Waals surface area contributed by atoms with Crippen LogP contribution in [0.15, 0.2) is 24.3 Å². The van der Waals surface area contributed by atoms with Crippen LogP contribution in [0.2, 0.25) is 0 Å². The van der Waals surface area contributed by atoms with Crippen molar-refractivity contribution in [2.24, 2.45) is 0 Å². The van der Waals surface area contributed by atoms with E-state index in [1.165, 1.54) is 12.1 Å². The van der Waals surface area contributed by atoms with Gasteiger partial charge in [-0.05, 0) is 18.6 Å². The number of fused-ring (bicyclic) bond motifs is 1. The van der Waals surface area contributed by atoms with Crippen molar-refractivity contribution in [3.8, 4) is 0 Å². The van der Waals surface area contributed by atoms with Gasteiger partial charge in [0, 0.05) is 5.56 Å². The molecule has 0 saturated heterocycles. The molecule has 0 aromatic heterocycles. The second-order valence-electron chi connectivity index (χ2n) is 4.58. The number of carbonyl (C=O) groups is 4. The maximum absolute atomic E-state index is 12.4. The third-order valence-electron chi connectivity index (χ3n) is 3.29. The smallest absolute Gasteiger partial charge is 0.326 e. The molecule has 0 spiro atoms. The van der Waals surface area contributed by atoms with Gasteiger partial charge < -0.3 is 9.47 Å². The van der Waals surface area contributed by atoms with E-state index in [0.717, 1.165) is 12.0 Å². The standard InChI is InChI=1S/C15H15NO6/c1-3-22-11(17)8-16-13(18)10-7-5-4-6-9(10)12(14(16)19)15(20)21-2/h4-7,12H,3,8H2,1-2H3. The zero-order valence-electron chi connectivity index (χ0n) is 12.2. The molecular formula is C15H15NO6. The molecule has 1 aromatic rings. The Labute approximate surface area is 126 Å². The number of rotatable bonds is 4. The Balaban J connectivity index is 2.43. The highest BCUT2D eigenvalue weighted by molar-refractivity contribution is 6.18. The van der Waals surface area contributed by atoms with Crippen molar-refractivity contribution in [2.75, 3.05) is 20.3 Å². The lowest BCUT2D eigenvalue weighted by atomic mass is 9.88. The number of methoxy groups -OCH3 is 1. The Morgan fingerprint density at radius 1 is 1.23 bits per heavy atom. The van der Waals surface area contributed by atoms with Gasteiger partial charge in [-0.3, -0.25) is 24.1 Å². The summed E-state index contributed by atoms with van der Waals surface area (Å²) in [5.74, 6) is -4.17. The summed E-state index contributed by atoms with van der Waals surface area (Å²) >= 11 is 0. The second-order valence-corrected chi connectivity index (χ2v) is 4.58. The molecule has 1 aliphatic rings. The average Bonchev–Trinajstić information content (AvgIpc) is 2.51. The van der Waals surface area contributed by atoms with Gasteiger partial charge in [-0.15, -0.1) is 0 Å². The van der Waals surface area contributed by atoms with Gasteiger partial charge in [-0.1, -0.05) is 18.2 Å². The Bertz CT molecular complexity index is 639. The van der Waals surface area contributed by atoms with Crippen molar-refractivity contribution in [3.05, 3.63) is 35.4 Å². The van der Waals surface area contributed by atoms with Crippen LogP contribution in [-0.2, 0) is 23.9 Å². The fraction of sp³-hybridized carbons (Fsp3) is 0.333. The van der Waals surface area contributed by atoms with Crippen molar-refractivity contribution in [2.45, 2.75) is 12.8 Å². The zero-order chi connectivity index (χ0) is 16.3. The van der Waals surface area contributed by atoms with Crippen molar-refractivity contribution in [1.82, 2.24) is 4.90 Å². The van der Waals surface area contributed by atoms with E-state index >= 15 is 0 Å². The average molecular weight is 305 g/mol. The van der Waals surface area contributed by atoms with Crippen molar-refractivity contribution in [3.63, 3.8) is 0 Å². The molecule has 22 heavy (non-hydrogen) atoms. The SMILES string of the molecule is CCOC(=O)CN1C(=O)c2ccccc2C(C(=O)OC)C1=O. The van der Waals surface area contributed by atoms with Gasteiger partial charge in [0.15, 0.2) is 5.92 Å². The third kappa shape index (κ3) is 2.69. The van der Waals surface area contributed by atoms with Gasteiger partial charge in [0.05, 0.1) is 13.7 Å². The first kappa shape index (κ1) is 15.7. The molecule has 116 valence electrons. The maximum Gasteiger partial charge on any atom is 0.326 e. The predicted octanol–water partition coefficient (Wildman–Crippen LogP) is 0.489. The summed E-state index contributed by atoms with van der Waals surface area (Å²) in [6.07, 6.45) is 0. The first-order chi connectivity index (χ1) is 10.5. The van der Waals surface area contributed by atoms with Crippen LogP contribution in [0.25, 0.3) is 0 Å². The Morgan fingerprint density at radius 3 is 2.55 bits per heavy atom. The predicted molar refractivity (Wildman–Crippen MR) is 73.9 cm³/mol. The number of amides is 2. The monoisotopic (exact) mass is 305 g/mol. The van der Waals surface area contributed by atoms with E-state index in [-0.39, 0.29) is 17.7 Å². The summed E-state index contributed by atoms with van der Waals surface area (Å²) in [4.78, 5) is 49.0. The molecule has 1 aliphatic heterocycles. The summed E-state index contributed by atoms with van der Waals surface area (Å²) in [6, 6.07) is 6.26. The molecule has 0 radical (unpaired) electrons. The van der Waals surface area contributed by atoms with Gasteiger partial charge >= 0.3 is 11.9 Å². The Kier molecular flexibility index (Phi) is 4.55. The first-order valence-electron chi connectivity index (χ1n) is 6.69. The normalized spacial score (nSPS) is 17.0. The van der Waals surface area contributed by atoms with E-state index in [2.05, 4.69) is 4.74 Å². The van der Waals surface area contributed by atoms with Crippen LogP contribution in [0.1, 0.15) is 28.8 Å². The molecule has 2 amide bonds. The molecule has 7 heteroatoms. The van der Waals surface area contributed by atoms with Crippen LogP contribution >= 0.6 is 0 Å². The minimum absolute atomic E-state index is 0.131. The van der Waals surface area contributed by atoms with E-state index in [4.69, 9.17) is 4.74 Å². The van der Waals surface area contributed by atoms with Gasteiger partial charge in [-0.2, -0.15) is 0 Å². The molecule has 2 rings (SSSR count). The number of hydrogen-bond acceptors (Lipinski definition) is 6. The van der Waals surface area contributed by atoms with Crippen molar-refractivity contribution in [1.29, 1.82) is 0 Å². The van der Waals surface area contributed by atoms with E-state index in [9.17, 15) is 19.2 Å². The maximum atomic E-state index is 12.4. The summed E-state index contributed by atoms with van der Waals surface area (Å²) in [5.41, 5.74) is 0.478. The van der Waals surface area contributed by atoms with E-state index in [1.807, 2.05) is 0 Å². The molecule has 1 aromatic carbocycles. The molecular weight excluding hydrogens is 290 g/mol. The third-order valence-corrected chi connectivity index (χ3v) is 3.29. The number of hydrogen-bond donors (Lipinski definition) is 0. The van der Waals surface area contributed by atoms with Crippen LogP contribution < -0.4 is 0 Å². The summed E-state index contributed by atoms with van der Waals surface area (Å²) in [6.45, 7) is 1.21.